The molecule has 0 unspecified atom stereocenters. The molecule has 1 aromatic heterocycles. The average Bonchev–Trinajstić information content (AvgIpc) is 2.71. The molecule has 1 saturated carbocycles. The second-order valence-corrected chi connectivity index (χ2v) is 5.64. The van der Waals surface area contributed by atoms with Crippen molar-refractivity contribution in [1.29, 1.82) is 0 Å². The van der Waals surface area contributed by atoms with Crippen LogP contribution in [0.15, 0.2) is 12.7 Å². The second kappa shape index (κ2) is 6.06. The molecule has 1 aliphatic rings. The van der Waals surface area contributed by atoms with E-state index in [2.05, 4.69) is 16.9 Å². The van der Waals surface area contributed by atoms with Crippen molar-refractivity contribution < 1.29 is 4.79 Å². The van der Waals surface area contributed by atoms with Crippen LogP contribution in [0, 0.1) is 0 Å². The quantitative estimate of drug-likeness (QED) is 0.785. The monoisotopic (exact) mass is 280 g/mol. The number of carbonyl (C=O) groups excluding carboxylic acids is 1. The van der Waals surface area contributed by atoms with Crippen molar-refractivity contribution in [3.63, 3.8) is 0 Å². The lowest BCUT2D eigenvalue weighted by Crippen LogP contribution is -2.30. The first-order valence-corrected chi connectivity index (χ1v) is 7.40. The van der Waals surface area contributed by atoms with Gasteiger partial charge < -0.3 is 16.0 Å². The van der Waals surface area contributed by atoms with Crippen LogP contribution in [0.3, 0.4) is 0 Å². The third kappa shape index (κ3) is 3.07. The number of likely N-dealkylation sites (N-methyl/N-ethyl adjacent to an activating group) is 1. The highest BCUT2D eigenvalue weighted by atomic mass is 32.1. The zero-order valence-electron chi connectivity index (χ0n) is 11.2. The molecule has 0 bridgehead atoms. The topological polar surface area (TPSA) is 71.2 Å². The number of hydrogen-bond donors (Lipinski definition) is 2. The average molecular weight is 280 g/mol. The molecular formula is C13H20N4OS. The Morgan fingerprint density at radius 1 is 1.68 bits per heavy atom. The number of anilines is 2. The molecule has 0 aromatic carbocycles. The number of nitrogen functional groups attached to an aromatic ring is 1. The zero-order valence-corrected chi connectivity index (χ0v) is 12.0. The Labute approximate surface area is 117 Å². The van der Waals surface area contributed by atoms with E-state index >= 15 is 0 Å². The van der Waals surface area contributed by atoms with Crippen LogP contribution in [0.1, 0.15) is 35.9 Å². The molecule has 6 heteroatoms. The van der Waals surface area contributed by atoms with Gasteiger partial charge in [0.1, 0.15) is 10.7 Å². The van der Waals surface area contributed by atoms with Crippen molar-refractivity contribution >= 4 is 28.2 Å². The molecule has 0 radical (unpaired) electrons. The maximum Gasteiger partial charge on any atom is 0.268 e. The van der Waals surface area contributed by atoms with Gasteiger partial charge in [0.05, 0.1) is 0 Å². The summed E-state index contributed by atoms with van der Waals surface area (Å²) in [6, 6.07) is 0.490. The van der Waals surface area contributed by atoms with Gasteiger partial charge in [-0.15, -0.1) is 6.58 Å². The Balaban J connectivity index is 2.09. The molecule has 1 heterocycles. The summed E-state index contributed by atoms with van der Waals surface area (Å²) in [6.07, 6.45) is 5.31. The van der Waals surface area contributed by atoms with Gasteiger partial charge in [-0.25, -0.2) is 4.98 Å². The number of amides is 1. The molecule has 5 nitrogen and oxygen atoms in total. The van der Waals surface area contributed by atoms with Gasteiger partial charge in [0.2, 0.25) is 0 Å². The molecule has 0 atom stereocenters. The molecule has 0 saturated heterocycles. The fraction of sp³-hybridized carbons (Fsp3) is 0.538. The Morgan fingerprint density at radius 2 is 2.42 bits per heavy atom. The maximum atomic E-state index is 12.3. The minimum Gasteiger partial charge on any atom is -0.382 e. The van der Waals surface area contributed by atoms with Crippen molar-refractivity contribution in [2.75, 3.05) is 24.1 Å². The molecule has 3 N–H and O–H groups in total. The van der Waals surface area contributed by atoms with E-state index < -0.39 is 0 Å². The van der Waals surface area contributed by atoms with E-state index in [-0.39, 0.29) is 5.91 Å². The fourth-order valence-electron chi connectivity index (χ4n) is 1.93. The minimum absolute atomic E-state index is 0.0703. The third-order valence-electron chi connectivity index (χ3n) is 3.30. The first-order chi connectivity index (χ1) is 9.15. The van der Waals surface area contributed by atoms with Crippen LogP contribution in [0.4, 0.5) is 10.9 Å². The largest absolute Gasteiger partial charge is 0.382 e. The fourth-order valence-corrected chi connectivity index (χ4v) is 2.86. The van der Waals surface area contributed by atoms with E-state index in [0.29, 0.717) is 29.8 Å². The van der Waals surface area contributed by atoms with Gasteiger partial charge in [0.15, 0.2) is 5.13 Å². The lowest BCUT2D eigenvalue weighted by molar-refractivity contribution is 0.0787. The first kappa shape index (κ1) is 13.9. The molecule has 0 aliphatic heterocycles. The highest BCUT2D eigenvalue weighted by Crippen LogP contribution is 2.30. The first-order valence-electron chi connectivity index (χ1n) is 6.58. The summed E-state index contributed by atoms with van der Waals surface area (Å²) < 4.78 is 0. The molecule has 1 aliphatic carbocycles. The summed E-state index contributed by atoms with van der Waals surface area (Å²) in [7, 11) is 0. The number of hydrogen-bond acceptors (Lipinski definition) is 5. The van der Waals surface area contributed by atoms with Crippen molar-refractivity contribution in [3.8, 4) is 0 Å². The van der Waals surface area contributed by atoms with Crippen molar-refractivity contribution in [2.24, 2.45) is 0 Å². The SMILES string of the molecule is C=CCN(CC)C(=O)c1sc(NC2CCC2)nc1N. The van der Waals surface area contributed by atoms with Crippen molar-refractivity contribution in [2.45, 2.75) is 32.2 Å². The van der Waals surface area contributed by atoms with Crippen molar-refractivity contribution in [1.82, 2.24) is 9.88 Å². The van der Waals surface area contributed by atoms with Crippen LogP contribution in [0.5, 0.6) is 0 Å². The highest BCUT2D eigenvalue weighted by Gasteiger charge is 2.23. The predicted octanol–water partition coefficient (Wildman–Crippen LogP) is 2.34. The summed E-state index contributed by atoms with van der Waals surface area (Å²) in [6.45, 7) is 6.76. The van der Waals surface area contributed by atoms with E-state index in [1.807, 2.05) is 6.92 Å². The van der Waals surface area contributed by atoms with Gasteiger partial charge in [-0.2, -0.15) is 0 Å². The number of carbonyl (C=O) groups is 1. The molecular weight excluding hydrogens is 260 g/mol. The van der Waals surface area contributed by atoms with E-state index in [1.54, 1.807) is 11.0 Å². The maximum absolute atomic E-state index is 12.3. The number of thiazole rings is 1. The van der Waals surface area contributed by atoms with Crippen LogP contribution >= 0.6 is 11.3 Å². The number of aromatic nitrogens is 1. The van der Waals surface area contributed by atoms with E-state index in [1.165, 1.54) is 30.6 Å². The molecule has 1 fully saturated rings. The number of rotatable bonds is 6. The standard InChI is InChI=1S/C13H20N4OS/c1-3-8-17(4-2)12(18)10-11(14)16-13(19-10)15-9-6-5-7-9/h3,9H,1,4-8,14H2,2H3,(H,15,16). The van der Waals surface area contributed by atoms with E-state index in [4.69, 9.17) is 5.73 Å². The number of nitrogens with two attached hydrogens (primary N) is 1. The van der Waals surface area contributed by atoms with Gasteiger partial charge in [0, 0.05) is 19.1 Å². The molecule has 0 spiro atoms. The summed E-state index contributed by atoms with van der Waals surface area (Å²) in [4.78, 5) is 18.8. The lowest BCUT2D eigenvalue weighted by atomic mass is 9.93. The molecule has 1 aromatic rings. The molecule has 104 valence electrons. The third-order valence-corrected chi connectivity index (χ3v) is 4.29. The number of nitrogens with one attached hydrogen (secondary N) is 1. The minimum atomic E-state index is -0.0703. The summed E-state index contributed by atoms with van der Waals surface area (Å²) in [5, 5.41) is 4.07. The van der Waals surface area contributed by atoms with Crippen LogP contribution in [0.25, 0.3) is 0 Å². The van der Waals surface area contributed by atoms with E-state index in [0.717, 1.165) is 5.13 Å². The van der Waals surface area contributed by atoms with Crippen LogP contribution < -0.4 is 11.1 Å². The highest BCUT2D eigenvalue weighted by molar-refractivity contribution is 7.18. The summed E-state index contributed by atoms with van der Waals surface area (Å²) >= 11 is 1.34. The lowest BCUT2D eigenvalue weighted by Gasteiger charge is -2.25. The Kier molecular flexibility index (Phi) is 4.42. The van der Waals surface area contributed by atoms with Gasteiger partial charge in [-0.05, 0) is 26.2 Å². The smallest absolute Gasteiger partial charge is 0.268 e. The Hall–Kier alpha value is -1.56. The molecule has 2 rings (SSSR count). The van der Waals surface area contributed by atoms with Gasteiger partial charge in [-0.1, -0.05) is 17.4 Å². The van der Waals surface area contributed by atoms with Crippen LogP contribution in [-0.2, 0) is 0 Å². The summed E-state index contributed by atoms with van der Waals surface area (Å²) in [5.41, 5.74) is 5.85. The summed E-state index contributed by atoms with van der Waals surface area (Å²) in [5.74, 6) is 0.249. The Bertz CT molecular complexity index is 467. The van der Waals surface area contributed by atoms with Crippen LogP contribution in [0.2, 0.25) is 0 Å². The van der Waals surface area contributed by atoms with E-state index in [9.17, 15) is 4.79 Å². The zero-order chi connectivity index (χ0) is 13.8. The predicted molar refractivity (Wildman–Crippen MR) is 79.6 cm³/mol. The van der Waals surface area contributed by atoms with Gasteiger partial charge >= 0.3 is 0 Å². The molecule has 19 heavy (non-hydrogen) atoms. The van der Waals surface area contributed by atoms with Gasteiger partial charge in [-0.3, -0.25) is 4.79 Å². The van der Waals surface area contributed by atoms with Crippen LogP contribution in [-0.4, -0.2) is 34.9 Å². The van der Waals surface area contributed by atoms with Gasteiger partial charge in [0.25, 0.3) is 5.91 Å². The van der Waals surface area contributed by atoms with Crippen molar-refractivity contribution in [3.05, 3.63) is 17.5 Å². The number of nitrogens with zero attached hydrogens (tertiary/aromatic N) is 2. The second-order valence-electron chi connectivity index (χ2n) is 4.64. The normalized spacial score (nSPS) is 14.8. The Morgan fingerprint density at radius 3 is 2.95 bits per heavy atom. The molecule has 1 amide bonds.